The van der Waals surface area contributed by atoms with Crippen LogP contribution in [0, 0.1) is 0 Å². The minimum atomic E-state index is -0.900. The first-order valence-corrected chi connectivity index (χ1v) is 5.25. The lowest BCUT2D eigenvalue weighted by atomic mass is 10.0. The van der Waals surface area contributed by atoms with E-state index in [-0.39, 0.29) is 0 Å². The molecule has 86 valence electrons. The molecule has 0 aliphatic carbocycles. The lowest BCUT2D eigenvalue weighted by molar-refractivity contribution is 0.0151. The smallest absolute Gasteiger partial charge is 0.133 e. The molecule has 0 saturated carbocycles. The lowest BCUT2D eigenvalue weighted by Gasteiger charge is -2.17. The zero-order chi connectivity index (χ0) is 11.5. The topological polar surface area (TPSA) is 79.6 Å². The summed E-state index contributed by atoms with van der Waals surface area (Å²) in [5.41, 5.74) is 6.78. The van der Waals surface area contributed by atoms with Crippen LogP contribution in [0.1, 0.15) is 18.1 Å². The molecular weight excluding hydrogens is 206 g/mol. The quantitative estimate of drug-likeness (QED) is 0.724. The summed E-state index contributed by atoms with van der Waals surface area (Å²) in [6, 6.07) is 7.16. The van der Waals surface area contributed by atoms with Crippen LogP contribution in [0.25, 0.3) is 11.0 Å². The van der Waals surface area contributed by atoms with Crippen LogP contribution in [-0.4, -0.2) is 22.9 Å². The van der Waals surface area contributed by atoms with E-state index in [2.05, 4.69) is 0 Å². The Morgan fingerprint density at radius 1 is 1.25 bits per heavy atom. The molecule has 2 aromatic rings. The summed E-state index contributed by atoms with van der Waals surface area (Å²) in [5, 5.41) is 20.4. The maximum absolute atomic E-state index is 9.88. The van der Waals surface area contributed by atoms with Crippen LogP contribution in [0.4, 0.5) is 0 Å². The molecule has 0 aliphatic heterocycles. The minimum absolute atomic E-state index is 0.353. The zero-order valence-electron chi connectivity index (χ0n) is 8.84. The number of furan rings is 1. The van der Waals surface area contributed by atoms with Crippen molar-refractivity contribution in [2.75, 3.05) is 6.54 Å². The van der Waals surface area contributed by atoms with Crippen molar-refractivity contribution < 1.29 is 14.6 Å². The van der Waals surface area contributed by atoms with E-state index in [0.29, 0.717) is 18.5 Å². The molecule has 0 bridgehead atoms. The van der Waals surface area contributed by atoms with E-state index in [1.807, 2.05) is 12.1 Å². The van der Waals surface area contributed by atoms with Crippen molar-refractivity contribution in [1.82, 2.24) is 0 Å². The lowest BCUT2D eigenvalue weighted by Crippen LogP contribution is -2.21. The molecule has 1 aromatic carbocycles. The van der Waals surface area contributed by atoms with Crippen molar-refractivity contribution in [2.45, 2.75) is 18.6 Å². The van der Waals surface area contributed by atoms with Crippen LogP contribution in [0.5, 0.6) is 0 Å². The highest BCUT2D eigenvalue weighted by molar-refractivity contribution is 5.77. The highest BCUT2D eigenvalue weighted by Crippen LogP contribution is 2.24. The van der Waals surface area contributed by atoms with E-state index < -0.39 is 12.2 Å². The fourth-order valence-electron chi connectivity index (χ4n) is 1.72. The van der Waals surface area contributed by atoms with Crippen LogP contribution in [0.15, 0.2) is 34.9 Å². The number of aliphatic hydroxyl groups is 2. The molecule has 0 spiro atoms. The Hall–Kier alpha value is -1.36. The number of hydrogen-bond donors (Lipinski definition) is 3. The van der Waals surface area contributed by atoms with Gasteiger partial charge in [-0.15, -0.1) is 0 Å². The van der Waals surface area contributed by atoms with Crippen LogP contribution < -0.4 is 5.73 Å². The maximum Gasteiger partial charge on any atom is 0.133 e. The highest BCUT2D eigenvalue weighted by Gasteiger charge is 2.17. The number of fused-ring (bicyclic) bond motifs is 1. The van der Waals surface area contributed by atoms with Gasteiger partial charge in [-0.05, 0) is 36.7 Å². The van der Waals surface area contributed by atoms with Gasteiger partial charge in [-0.1, -0.05) is 6.07 Å². The first-order valence-electron chi connectivity index (χ1n) is 5.25. The number of hydrogen-bond acceptors (Lipinski definition) is 4. The number of benzene rings is 1. The monoisotopic (exact) mass is 221 g/mol. The molecule has 4 N–H and O–H groups in total. The van der Waals surface area contributed by atoms with Gasteiger partial charge in [0, 0.05) is 5.39 Å². The van der Waals surface area contributed by atoms with E-state index in [9.17, 15) is 10.2 Å². The van der Waals surface area contributed by atoms with Crippen LogP contribution in [0.3, 0.4) is 0 Å². The second-order valence-electron chi connectivity index (χ2n) is 3.81. The van der Waals surface area contributed by atoms with Gasteiger partial charge < -0.3 is 20.4 Å². The van der Waals surface area contributed by atoms with Crippen molar-refractivity contribution in [3.8, 4) is 0 Å². The second-order valence-corrected chi connectivity index (χ2v) is 3.81. The summed E-state index contributed by atoms with van der Waals surface area (Å²) in [5.74, 6) is 0. The van der Waals surface area contributed by atoms with Gasteiger partial charge in [0.15, 0.2) is 0 Å². The number of aliphatic hydroxyl groups excluding tert-OH is 2. The van der Waals surface area contributed by atoms with Gasteiger partial charge in [0.05, 0.1) is 12.4 Å². The van der Waals surface area contributed by atoms with Gasteiger partial charge >= 0.3 is 0 Å². The van der Waals surface area contributed by atoms with Crippen molar-refractivity contribution in [3.05, 3.63) is 36.1 Å². The Balaban J connectivity index is 2.24. The Labute approximate surface area is 93.3 Å². The van der Waals surface area contributed by atoms with Gasteiger partial charge in [0.25, 0.3) is 0 Å². The average Bonchev–Trinajstić information content (AvgIpc) is 2.75. The molecule has 0 fully saturated rings. The first kappa shape index (κ1) is 11.1. The summed E-state index contributed by atoms with van der Waals surface area (Å²) < 4.78 is 5.20. The van der Waals surface area contributed by atoms with E-state index in [0.717, 1.165) is 11.0 Å². The summed E-state index contributed by atoms with van der Waals surface area (Å²) in [6.07, 6.45) is 0.249. The zero-order valence-corrected chi connectivity index (χ0v) is 8.84. The van der Waals surface area contributed by atoms with Crippen molar-refractivity contribution >= 4 is 11.0 Å². The van der Waals surface area contributed by atoms with Crippen LogP contribution in [0.2, 0.25) is 0 Å². The molecule has 0 saturated heterocycles. The fourth-order valence-corrected chi connectivity index (χ4v) is 1.72. The minimum Gasteiger partial charge on any atom is -0.464 e. The Kier molecular flexibility index (Phi) is 3.24. The molecule has 0 radical (unpaired) electrons. The van der Waals surface area contributed by atoms with E-state index in [4.69, 9.17) is 10.2 Å². The molecule has 0 aliphatic rings. The molecule has 1 heterocycles. The maximum atomic E-state index is 9.88. The standard InChI is InChI=1S/C12H15NO3/c13-5-3-10(14)12(15)9-1-2-11-8(7-9)4-6-16-11/h1-2,4,6-7,10,12,14-15H,3,5,13H2. The largest absolute Gasteiger partial charge is 0.464 e. The Morgan fingerprint density at radius 2 is 2.06 bits per heavy atom. The molecule has 1 aromatic heterocycles. The Bertz CT molecular complexity index is 466. The van der Waals surface area contributed by atoms with Gasteiger partial charge in [0.2, 0.25) is 0 Å². The fraction of sp³-hybridized carbons (Fsp3) is 0.333. The van der Waals surface area contributed by atoms with Crippen molar-refractivity contribution in [3.63, 3.8) is 0 Å². The first-order chi connectivity index (χ1) is 7.72. The van der Waals surface area contributed by atoms with Gasteiger partial charge in [0.1, 0.15) is 11.7 Å². The summed E-state index contributed by atoms with van der Waals surface area (Å²) in [6.45, 7) is 0.353. The molecule has 4 heteroatoms. The predicted molar refractivity (Wildman–Crippen MR) is 60.9 cm³/mol. The second kappa shape index (κ2) is 4.65. The van der Waals surface area contributed by atoms with E-state index in [1.54, 1.807) is 18.4 Å². The molecular formula is C12H15NO3. The molecule has 2 unspecified atom stereocenters. The number of nitrogens with two attached hydrogens (primary N) is 1. The normalized spacial score (nSPS) is 15.2. The van der Waals surface area contributed by atoms with Gasteiger partial charge in [-0.2, -0.15) is 0 Å². The molecule has 4 nitrogen and oxygen atoms in total. The molecule has 2 atom stereocenters. The SMILES string of the molecule is NCCC(O)C(O)c1ccc2occc2c1. The average molecular weight is 221 g/mol. The predicted octanol–water partition coefficient (Wildman–Crippen LogP) is 1.18. The summed E-state index contributed by atoms with van der Waals surface area (Å²) >= 11 is 0. The van der Waals surface area contributed by atoms with E-state index >= 15 is 0 Å². The molecule has 2 rings (SSSR count). The third-order valence-electron chi connectivity index (χ3n) is 2.64. The third-order valence-corrected chi connectivity index (χ3v) is 2.64. The molecule has 16 heavy (non-hydrogen) atoms. The van der Waals surface area contributed by atoms with Crippen molar-refractivity contribution in [2.24, 2.45) is 5.73 Å². The van der Waals surface area contributed by atoms with Gasteiger partial charge in [-0.25, -0.2) is 0 Å². The summed E-state index contributed by atoms with van der Waals surface area (Å²) in [7, 11) is 0. The van der Waals surface area contributed by atoms with E-state index in [1.165, 1.54) is 0 Å². The van der Waals surface area contributed by atoms with Gasteiger partial charge in [-0.3, -0.25) is 0 Å². The third kappa shape index (κ3) is 2.09. The Morgan fingerprint density at radius 3 is 2.81 bits per heavy atom. The number of rotatable bonds is 4. The highest BCUT2D eigenvalue weighted by atomic mass is 16.3. The van der Waals surface area contributed by atoms with Crippen molar-refractivity contribution in [1.29, 1.82) is 0 Å². The van der Waals surface area contributed by atoms with Crippen LogP contribution in [-0.2, 0) is 0 Å². The summed E-state index contributed by atoms with van der Waals surface area (Å²) in [4.78, 5) is 0. The molecule has 0 amide bonds. The van der Waals surface area contributed by atoms with Crippen LogP contribution >= 0.6 is 0 Å².